The predicted octanol–water partition coefficient (Wildman–Crippen LogP) is -0.427. The molecule has 0 spiro atoms. The summed E-state index contributed by atoms with van der Waals surface area (Å²) in [7, 11) is 0. The Morgan fingerprint density at radius 1 is 0.698 bits per heavy atom. The first-order chi connectivity index (χ1) is 20.7. The number of hydrogen-bond donors (Lipinski definition) is 9. The van der Waals surface area contributed by atoms with Gasteiger partial charge in [0.2, 0.25) is 0 Å². The van der Waals surface area contributed by atoms with Crippen LogP contribution in [-0.4, -0.2) is 134 Å². The van der Waals surface area contributed by atoms with Crippen LogP contribution in [0, 0.1) is 0 Å². The minimum absolute atomic E-state index is 0.227. The van der Waals surface area contributed by atoms with Crippen molar-refractivity contribution in [3.05, 3.63) is 12.2 Å². The molecule has 0 radical (unpaired) electrons. The number of allylic oxidation sites excluding steroid dienone is 1. The third kappa shape index (κ3) is 12.5. The molecule has 12 atom stereocenters. The van der Waals surface area contributed by atoms with Crippen LogP contribution < -0.4 is 5.73 Å². The van der Waals surface area contributed by atoms with E-state index < -0.39 is 86.8 Å². The van der Waals surface area contributed by atoms with Crippen LogP contribution in [0.25, 0.3) is 0 Å². The molecule has 0 aromatic carbocycles. The molecule has 0 aromatic heterocycles. The molecule has 13 nitrogen and oxygen atoms in total. The summed E-state index contributed by atoms with van der Waals surface area (Å²) in [6, 6.07) is -0.850. The molecule has 0 saturated carbocycles. The van der Waals surface area contributed by atoms with Crippen LogP contribution in [0.3, 0.4) is 0 Å². The molecule has 0 unspecified atom stereocenters. The molecule has 2 heterocycles. The van der Waals surface area contributed by atoms with Gasteiger partial charge in [0, 0.05) is 0 Å². The Hall–Kier alpha value is -0.780. The fraction of sp³-hybridized carbons (Fsp3) is 0.933. The molecule has 2 saturated heterocycles. The summed E-state index contributed by atoms with van der Waals surface area (Å²) in [6.07, 6.45) is 1.80. The van der Waals surface area contributed by atoms with Gasteiger partial charge in [0.25, 0.3) is 0 Å². The molecule has 10 N–H and O–H groups in total. The van der Waals surface area contributed by atoms with Gasteiger partial charge >= 0.3 is 0 Å². The number of rotatable bonds is 21. The summed E-state index contributed by atoms with van der Waals surface area (Å²) in [6.45, 7) is 0.641. The highest BCUT2D eigenvalue weighted by Crippen LogP contribution is 2.29. The van der Waals surface area contributed by atoms with Crippen molar-refractivity contribution in [3.63, 3.8) is 0 Å². The standard InChI is InChI=1S/C30H57NO12/c1-2-3-4-5-6-7-8-9-10-11-12-13-14-15-20(34)19(31)18-40-29-27(39)25(37)28(22(17-33)42-29)43-30-26(38)24(36)23(35)21(16-32)41-30/h14-15,19-30,32-39H,2-13,16-18,31H2,1H3/b15-14+/t19-,20+,21+,22+,23-,24-,25+,26+,27+,28+,29-,30-/m0/s1. The molecule has 0 amide bonds. The number of ether oxygens (including phenoxy) is 4. The van der Waals surface area contributed by atoms with E-state index in [0.717, 1.165) is 19.3 Å². The SMILES string of the molecule is CCCCCCCCCCCCC/C=C/[C@@H](O)[C@@H](N)CO[C@H]1O[C@H](CO)[C@@H](O[C@@H]2O[C@H](CO)[C@H](O)[C@H](O)[C@H]2O)[C@H](O)[C@H]1O. The molecule has 2 rings (SSSR count). The van der Waals surface area contributed by atoms with E-state index in [-0.39, 0.29) is 6.61 Å². The molecular weight excluding hydrogens is 566 g/mol. The monoisotopic (exact) mass is 623 g/mol. The maximum absolute atomic E-state index is 10.7. The minimum Gasteiger partial charge on any atom is -0.394 e. The van der Waals surface area contributed by atoms with Gasteiger partial charge in [-0.15, -0.1) is 0 Å². The van der Waals surface area contributed by atoms with Crippen LogP contribution in [0.5, 0.6) is 0 Å². The first-order valence-electron chi connectivity index (χ1n) is 16.0. The van der Waals surface area contributed by atoms with Crippen molar-refractivity contribution in [1.29, 1.82) is 0 Å². The number of unbranched alkanes of at least 4 members (excludes halogenated alkanes) is 11. The number of nitrogens with two attached hydrogens (primary N) is 1. The zero-order chi connectivity index (χ0) is 31.8. The maximum Gasteiger partial charge on any atom is 0.187 e. The maximum atomic E-state index is 10.7. The lowest BCUT2D eigenvalue weighted by Gasteiger charge is -2.46. The molecule has 2 aliphatic heterocycles. The van der Waals surface area contributed by atoms with Crippen LogP contribution >= 0.6 is 0 Å². The highest BCUT2D eigenvalue weighted by atomic mass is 16.7. The predicted molar refractivity (Wildman–Crippen MR) is 157 cm³/mol. The zero-order valence-electron chi connectivity index (χ0n) is 25.5. The second-order valence-electron chi connectivity index (χ2n) is 11.7. The van der Waals surface area contributed by atoms with Crippen LogP contribution in [0.2, 0.25) is 0 Å². The number of aliphatic hydroxyl groups excluding tert-OH is 8. The molecule has 0 bridgehead atoms. The summed E-state index contributed by atoms with van der Waals surface area (Å²) in [5.41, 5.74) is 6.04. The number of hydrogen-bond acceptors (Lipinski definition) is 13. The second-order valence-corrected chi connectivity index (χ2v) is 11.7. The largest absolute Gasteiger partial charge is 0.394 e. The van der Waals surface area contributed by atoms with Crippen molar-refractivity contribution in [3.8, 4) is 0 Å². The summed E-state index contributed by atoms with van der Waals surface area (Å²) < 4.78 is 21.9. The number of aliphatic hydroxyl groups is 8. The third-order valence-electron chi connectivity index (χ3n) is 8.16. The van der Waals surface area contributed by atoms with Crippen LogP contribution in [0.4, 0.5) is 0 Å². The van der Waals surface area contributed by atoms with E-state index in [9.17, 15) is 40.9 Å². The highest BCUT2D eigenvalue weighted by molar-refractivity contribution is 4.96. The van der Waals surface area contributed by atoms with Gasteiger partial charge in [-0.1, -0.05) is 83.3 Å². The van der Waals surface area contributed by atoms with Gasteiger partial charge in [-0.3, -0.25) is 0 Å². The molecule has 0 aliphatic carbocycles. The van der Waals surface area contributed by atoms with E-state index in [2.05, 4.69) is 6.92 Å². The molecule has 254 valence electrons. The van der Waals surface area contributed by atoms with Crippen molar-refractivity contribution >= 4 is 0 Å². The van der Waals surface area contributed by atoms with Crippen LogP contribution in [0.1, 0.15) is 84.0 Å². The summed E-state index contributed by atoms with van der Waals surface area (Å²) in [5.74, 6) is 0. The zero-order valence-corrected chi connectivity index (χ0v) is 25.5. The van der Waals surface area contributed by atoms with E-state index in [4.69, 9.17) is 24.7 Å². The Bertz CT molecular complexity index is 744. The van der Waals surface area contributed by atoms with Gasteiger partial charge in [0.05, 0.1) is 32.0 Å². The third-order valence-corrected chi connectivity index (χ3v) is 8.16. The lowest BCUT2D eigenvalue weighted by atomic mass is 9.97. The van der Waals surface area contributed by atoms with Crippen LogP contribution in [-0.2, 0) is 18.9 Å². The molecule has 0 aromatic rings. The fourth-order valence-electron chi connectivity index (χ4n) is 5.30. The topological polar surface area (TPSA) is 225 Å². The Balaban J connectivity index is 1.70. The lowest BCUT2D eigenvalue weighted by Crippen LogP contribution is -2.64. The Kier molecular flexibility index (Phi) is 18.8. The molecule has 2 aliphatic rings. The molecule has 43 heavy (non-hydrogen) atoms. The van der Waals surface area contributed by atoms with Gasteiger partial charge in [0.15, 0.2) is 12.6 Å². The van der Waals surface area contributed by atoms with Crippen molar-refractivity contribution in [2.45, 2.75) is 158 Å². The second kappa shape index (κ2) is 21.1. The van der Waals surface area contributed by atoms with Crippen LogP contribution in [0.15, 0.2) is 12.2 Å². The van der Waals surface area contributed by atoms with Gasteiger partial charge in [-0.2, -0.15) is 0 Å². The van der Waals surface area contributed by atoms with Crippen molar-refractivity contribution in [2.24, 2.45) is 5.73 Å². The van der Waals surface area contributed by atoms with Gasteiger partial charge in [-0.05, 0) is 12.8 Å². The smallest absolute Gasteiger partial charge is 0.187 e. The van der Waals surface area contributed by atoms with E-state index in [1.807, 2.05) is 6.08 Å². The van der Waals surface area contributed by atoms with E-state index in [1.165, 1.54) is 57.8 Å². The molecule has 13 heteroatoms. The van der Waals surface area contributed by atoms with Gasteiger partial charge < -0.3 is 65.5 Å². The van der Waals surface area contributed by atoms with Crippen molar-refractivity contribution in [2.75, 3.05) is 19.8 Å². The van der Waals surface area contributed by atoms with Crippen molar-refractivity contribution in [1.82, 2.24) is 0 Å². The lowest BCUT2D eigenvalue weighted by molar-refractivity contribution is -0.359. The van der Waals surface area contributed by atoms with Gasteiger partial charge in [0.1, 0.15) is 48.8 Å². The fourth-order valence-corrected chi connectivity index (χ4v) is 5.30. The first kappa shape index (κ1) is 38.4. The van der Waals surface area contributed by atoms with E-state index >= 15 is 0 Å². The molecule has 2 fully saturated rings. The summed E-state index contributed by atoms with van der Waals surface area (Å²) in [5, 5.41) is 81.0. The first-order valence-corrected chi connectivity index (χ1v) is 16.0. The Morgan fingerprint density at radius 2 is 1.23 bits per heavy atom. The average Bonchev–Trinajstić information content (AvgIpc) is 3.01. The minimum atomic E-state index is -1.75. The summed E-state index contributed by atoms with van der Waals surface area (Å²) >= 11 is 0. The van der Waals surface area contributed by atoms with Crippen molar-refractivity contribution < 1.29 is 59.8 Å². The average molecular weight is 624 g/mol. The Labute approximate surface area is 255 Å². The Morgan fingerprint density at radius 3 is 1.81 bits per heavy atom. The molecular formula is C30H57NO12. The van der Waals surface area contributed by atoms with E-state index in [1.54, 1.807) is 6.08 Å². The normalized spacial score (nSPS) is 34.9. The quantitative estimate of drug-likeness (QED) is 0.0585. The highest BCUT2D eigenvalue weighted by Gasteiger charge is 2.50. The van der Waals surface area contributed by atoms with E-state index in [0.29, 0.717) is 0 Å². The summed E-state index contributed by atoms with van der Waals surface area (Å²) in [4.78, 5) is 0. The van der Waals surface area contributed by atoms with Gasteiger partial charge in [-0.25, -0.2) is 0 Å².